The van der Waals surface area contributed by atoms with Gasteiger partial charge in [0, 0.05) is 28.1 Å². The van der Waals surface area contributed by atoms with Crippen molar-refractivity contribution >= 4 is 45.0 Å². The fourth-order valence-corrected chi connectivity index (χ4v) is 5.03. The van der Waals surface area contributed by atoms with Crippen LogP contribution in [0.25, 0.3) is 16.9 Å². The number of nitrogens with zero attached hydrogens (tertiary/aromatic N) is 3. The zero-order valence-corrected chi connectivity index (χ0v) is 21.1. The summed E-state index contributed by atoms with van der Waals surface area (Å²) in [4.78, 5) is 13.4. The maximum atomic E-state index is 13.4. The van der Waals surface area contributed by atoms with E-state index in [4.69, 9.17) is 37.8 Å². The predicted octanol–water partition coefficient (Wildman–Crippen LogP) is 5.21. The number of hydrogen-bond donors (Lipinski definition) is 1. The Hall–Kier alpha value is -2.10. The zero-order chi connectivity index (χ0) is 23.3. The second-order valence-electron chi connectivity index (χ2n) is 8.37. The molecule has 0 radical (unpaired) electrons. The molecule has 0 spiro atoms. The van der Waals surface area contributed by atoms with Crippen molar-refractivity contribution in [1.82, 2.24) is 20.2 Å². The Kier molecular flexibility index (Phi) is 5.91. The van der Waals surface area contributed by atoms with Crippen LogP contribution in [0.5, 0.6) is 5.75 Å². The van der Waals surface area contributed by atoms with E-state index < -0.39 is 5.60 Å². The molecule has 0 aliphatic carbocycles. The Morgan fingerprint density at radius 2 is 1.91 bits per heavy atom. The van der Waals surface area contributed by atoms with Gasteiger partial charge in [-0.3, -0.25) is 10.2 Å². The summed E-state index contributed by atoms with van der Waals surface area (Å²) in [5.74, 6) is 0.377. The van der Waals surface area contributed by atoms with E-state index in [-0.39, 0.29) is 11.6 Å². The van der Waals surface area contributed by atoms with Crippen molar-refractivity contribution in [2.45, 2.75) is 19.4 Å². The van der Waals surface area contributed by atoms with Crippen LogP contribution in [0, 0.1) is 0 Å². The molecule has 3 heterocycles. The number of nitrogens with one attached hydrogen (secondary N) is 1. The number of halogens is 3. The van der Waals surface area contributed by atoms with Crippen LogP contribution < -0.4 is 10.2 Å². The first-order chi connectivity index (χ1) is 15.7. The molecule has 3 aromatic rings. The number of morpholine rings is 1. The van der Waals surface area contributed by atoms with E-state index in [0.717, 1.165) is 15.7 Å². The van der Waals surface area contributed by atoms with Gasteiger partial charge < -0.3 is 9.47 Å². The van der Waals surface area contributed by atoms with Gasteiger partial charge in [0.1, 0.15) is 11.4 Å². The Bertz CT molecular complexity index is 1250. The molecule has 33 heavy (non-hydrogen) atoms. The van der Waals surface area contributed by atoms with Crippen LogP contribution in [0.2, 0.25) is 10.0 Å². The Labute approximate surface area is 209 Å². The monoisotopic (exact) mass is 550 g/mol. The van der Waals surface area contributed by atoms with Gasteiger partial charge in [0.2, 0.25) is 0 Å². The van der Waals surface area contributed by atoms with Gasteiger partial charge in [-0.15, -0.1) is 0 Å². The first-order valence-corrected chi connectivity index (χ1v) is 12.0. The van der Waals surface area contributed by atoms with Gasteiger partial charge in [0.15, 0.2) is 5.69 Å². The molecule has 1 amide bonds. The summed E-state index contributed by atoms with van der Waals surface area (Å²) in [7, 11) is 0. The molecule has 10 heteroatoms. The van der Waals surface area contributed by atoms with Gasteiger partial charge in [-0.2, -0.15) is 5.10 Å². The zero-order valence-electron chi connectivity index (χ0n) is 18.0. The molecule has 7 nitrogen and oxygen atoms in total. The van der Waals surface area contributed by atoms with Gasteiger partial charge in [-0.05, 0) is 50.2 Å². The van der Waals surface area contributed by atoms with Gasteiger partial charge in [0.25, 0.3) is 5.91 Å². The summed E-state index contributed by atoms with van der Waals surface area (Å²) in [5.41, 5.74) is 5.30. The number of fused-ring (bicyclic) bond motifs is 3. The quantitative estimate of drug-likeness (QED) is 0.484. The van der Waals surface area contributed by atoms with E-state index in [1.54, 1.807) is 22.9 Å². The molecule has 2 aliphatic heterocycles. The largest absolute Gasteiger partial charge is 0.482 e. The molecule has 5 rings (SSSR count). The van der Waals surface area contributed by atoms with Crippen molar-refractivity contribution < 1.29 is 14.3 Å². The van der Waals surface area contributed by atoms with Crippen molar-refractivity contribution in [2.24, 2.45) is 0 Å². The normalized spacial score (nSPS) is 17.1. The second kappa shape index (κ2) is 8.60. The number of hydrazine groups is 1. The molecule has 1 aromatic heterocycles. The number of ether oxygens (including phenoxy) is 2. The second-order valence-corrected chi connectivity index (χ2v) is 10.1. The Morgan fingerprint density at radius 3 is 2.64 bits per heavy atom. The minimum Gasteiger partial charge on any atom is -0.482 e. The molecule has 0 saturated carbocycles. The van der Waals surface area contributed by atoms with Gasteiger partial charge >= 0.3 is 0 Å². The molecule has 0 unspecified atom stereocenters. The standard InChI is InChI=1S/C23H21BrCl2N4O3/c1-23(2)19-20(22(31)28-29-7-9-32-10-8-29)27-30(17-6-4-14(25)12-16(17)26)21(19)15-5-3-13(24)11-18(15)33-23/h3-6,11-12H,7-10H2,1-2H3,(H,28,31). The van der Waals surface area contributed by atoms with Crippen LogP contribution >= 0.6 is 39.1 Å². The van der Waals surface area contributed by atoms with E-state index in [0.29, 0.717) is 53.3 Å². The number of benzene rings is 2. The van der Waals surface area contributed by atoms with Crippen molar-refractivity contribution in [1.29, 1.82) is 0 Å². The first kappa shape index (κ1) is 22.7. The highest BCUT2D eigenvalue weighted by Crippen LogP contribution is 2.48. The van der Waals surface area contributed by atoms with Crippen LogP contribution in [0.1, 0.15) is 29.9 Å². The smallest absolute Gasteiger partial charge is 0.286 e. The number of hydrogen-bond acceptors (Lipinski definition) is 5. The molecule has 2 aliphatic rings. The molecule has 1 saturated heterocycles. The lowest BCUT2D eigenvalue weighted by molar-refractivity contribution is 0.0122. The van der Waals surface area contributed by atoms with Gasteiger partial charge in [-0.1, -0.05) is 39.1 Å². The lowest BCUT2D eigenvalue weighted by Gasteiger charge is -2.34. The average molecular weight is 552 g/mol. The number of amides is 1. The molecule has 0 atom stereocenters. The van der Waals surface area contributed by atoms with Gasteiger partial charge in [0.05, 0.1) is 35.2 Å². The van der Waals surface area contributed by atoms with Crippen molar-refractivity contribution in [3.63, 3.8) is 0 Å². The maximum Gasteiger partial charge on any atom is 0.286 e. The third kappa shape index (κ3) is 4.15. The molecular formula is C23H21BrCl2N4O3. The van der Waals surface area contributed by atoms with Gasteiger partial charge in [-0.25, -0.2) is 9.69 Å². The summed E-state index contributed by atoms with van der Waals surface area (Å²) in [6.45, 7) is 6.18. The predicted molar refractivity (Wildman–Crippen MR) is 130 cm³/mol. The third-order valence-electron chi connectivity index (χ3n) is 5.68. The molecule has 172 valence electrons. The van der Waals surface area contributed by atoms with Crippen LogP contribution in [0.15, 0.2) is 40.9 Å². The Balaban J connectivity index is 1.72. The highest BCUT2D eigenvalue weighted by molar-refractivity contribution is 9.10. The number of carbonyl (C=O) groups is 1. The summed E-state index contributed by atoms with van der Waals surface area (Å²) >= 11 is 16.2. The number of carbonyl (C=O) groups excluding carboxylic acids is 1. The average Bonchev–Trinajstić information content (AvgIpc) is 3.16. The Morgan fingerprint density at radius 1 is 1.15 bits per heavy atom. The lowest BCUT2D eigenvalue weighted by atomic mass is 9.89. The summed E-state index contributed by atoms with van der Waals surface area (Å²) < 4.78 is 14.3. The lowest BCUT2D eigenvalue weighted by Crippen LogP contribution is -2.49. The minimum absolute atomic E-state index is 0.279. The van der Waals surface area contributed by atoms with Crippen molar-refractivity contribution in [3.8, 4) is 22.7 Å². The van der Waals surface area contributed by atoms with Crippen molar-refractivity contribution in [3.05, 3.63) is 62.2 Å². The van der Waals surface area contributed by atoms with E-state index in [1.165, 1.54) is 0 Å². The number of aromatic nitrogens is 2. The van der Waals surface area contributed by atoms with Crippen molar-refractivity contribution in [2.75, 3.05) is 26.3 Å². The molecular weight excluding hydrogens is 531 g/mol. The third-order valence-corrected chi connectivity index (χ3v) is 6.71. The molecule has 1 fully saturated rings. The maximum absolute atomic E-state index is 13.4. The first-order valence-electron chi connectivity index (χ1n) is 10.5. The molecule has 1 N–H and O–H groups in total. The minimum atomic E-state index is -0.821. The fraction of sp³-hybridized carbons (Fsp3) is 0.304. The highest BCUT2D eigenvalue weighted by Gasteiger charge is 2.41. The molecule has 2 aromatic carbocycles. The van der Waals surface area contributed by atoms with E-state index >= 15 is 0 Å². The molecule has 0 bridgehead atoms. The summed E-state index contributed by atoms with van der Waals surface area (Å²) in [6.07, 6.45) is 0. The van der Waals surface area contributed by atoms with Crippen LogP contribution in [-0.2, 0) is 10.3 Å². The summed E-state index contributed by atoms with van der Waals surface area (Å²) in [6, 6.07) is 11.0. The SMILES string of the molecule is CC1(C)Oc2cc(Br)ccc2-c2c1c(C(=O)NN1CCOCC1)nn2-c1ccc(Cl)cc1Cl. The van der Waals surface area contributed by atoms with Crippen LogP contribution in [0.3, 0.4) is 0 Å². The van der Waals surface area contributed by atoms with Crippen LogP contribution in [-0.4, -0.2) is 47.0 Å². The van der Waals surface area contributed by atoms with E-state index in [2.05, 4.69) is 21.4 Å². The summed E-state index contributed by atoms with van der Waals surface area (Å²) in [5, 5.41) is 7.55. The van der Waals surface area contributed by atoms with E-state index in [1.807, 2.05) is 37.1 Å². The number of rotatable bonds is 3. The van der Waals surface area contributed by atoms with E-state index in [9.17, 15) is 4.79 Å². The topological polar surface area (TPSA) is 68.6 Å². The highest BCUT2D eigenvalue weighted by atomic mass is 79.9. The van der Waals surface area contributed by atoms with Crippen LogP contribution in [0.4, 0.5) is 0 Å². The fourth-order valence-electron chi connectivity index (χ4n) is 4.20.